The molecule has 152 valence electrons. The zero-order chi connectivity index (χ0) is 20.9. The van der Waals surface area contributed by atoms with Crippen molar-refractivity contribution in [2.24, 2.45) is 0 Å². The maximum atomic E-state index is 13.1. The molecular weight excluding hydrogens is 401 g/mol. The van der Waals surface area contributed by atoms with E-state index in [9.17, 15) is 14.0 Å². The minimum atomic E-state index is -0.353. The van der Waals surface area contributed by atoms with E-state index in [0.717, 1.165) is 54.8 Å². The van der Waals surface area contributed by atoms with Crippen molar-refractivity contribution in [2.45, 2.75) is 0 Å². The average molecular weight is 421 g/mol. The zero-order valence-corrected chi connectivity index (χ0v) is 17.0. The maximum absolute atomic E-state index is 13.1. The number of thioether (sulfide) groups is 1. The van der Waals surface area contributed by atoms with Crippen LogP contribution < -0.4 is 10.2 Å². The highest BCUT2D eigenvalue weighted by Gasteiger charge is 2.24. The van der Waals surface area contributed by atoms with Crippen LogP contribution in [-0.2, 0) is 4.79 Å². The molecule has 4 rings (SSSR count). The third-order valence-electron chi connectivity index (χ3n) is 4.95. The Kier molecular flexibility index (Phi) is 6.17. The van der Waals surface area contributed by atoms with Crippen LogP contribution in [0.3, 0.4) is 0 Å². The molecular formula is C23H20FN3O2S. The van der Waals surface area contributed by atoms with E-state index in [1.54, 1.807) is 6.08 Å². The van der Waals surface area contributed by atoms with Gasteiger partial charge < -0.3 is 4.90 Å². The lowest BCUT2D eigenvalue weighted by Crippen LogP contribution is -2.46. The van der Waals surface area contributed by atoms with Crippen LogP contribution in [0.5, 0.6) is 0 Å². The molecule has 2 fully saturated rings. The zero-order valence-electron chi connectivity index (χ0n) is 16.2. The maximum Gasteiger partial charge on any atom is 0.290 e. The predicted molar refractivity (Wildman–Crippen MR) is 117 cm³/mol. The van der Waals surface area contributed by atoms with E-state index in [-0.39, 0.29) is 17.0 Å². The van der Waals surface area contributed by atoms with Crippen LogP contribution >= 0.6 is 11.8 Å². The van der Waals surface area contributed by atoms with E-state index in [1.165, 1.54) is 12.1 Å². The number of halogens is 1. The molecule has 0 spiro atoms. The highest BCUT2D eigenvalue weighted by Crippen LogP contribution is 2.25. The van der Waals surface area contributed by atoms with Crippen molar-refractivity contribution in [1.29, 1.82) is 0 Å². The van der Waals surface area contributed by atoms with E-state index in [0.29, 0.717) is 11.4 Å². The second-order valence-corrected chi connectivity index (χ2v) is 8.03. The van der Waals surface area contributed by atoms with Crippen LogP contribution in [0, 0.1) is 17.7 Å². The van der Waals surface area contributed by atoms with Crippen molar-refractivity contribution in [1.82, 2.24) is 10.2 Å². The van der Waals surface area contributed by atoms with Crippen LogP contribution in [0.2, 0.25) is 0 Å². The summed E-state index contributed by atoms with van der Waals surface area (Å²) in [5.41, 5.74) is 2.81. The van der Waals surface area contributed by atoms with Crippen LogP contribution in [-0.4, -0.2) is 48.8 Å². The minimum absolute atomic E-state index is 0.213. The second-order valence-electron chi connectivity index (χ2n) is 7.02. The van der Waals surface area contributed by atoms with Gasteiger partial charge in [-0.1, -0.05) is 24.0 Å². The monoisotopic (exact) mass is 421 g/mol. The fraction of sp³-hybridized carbons (Fsp3) is 0.217. The van der Waals surface area contributed by atoms with Crippen LogP contribution in [0.4, 0.5) is 14.9 Å². The molecule has 0 radical (unpaired) electrons. The van der Waals surface area contributed by atoms with Crippen LogP contribution in [0.25, 0.3) is 6.08 Å². The molecule has 7 heteroatoms. The van der Waals surface area contributed by atoms with E-state index in [4.69, 9.17) is 0 Å². The molecule has 0 bridgehead atoms. The number of amides is 2. The van der Waals surface area contributed by atoms with Gasteiger partial charge in [-0.15, -0.1) is 0 Å². The summed E-state index contributed by atoms with van der Waals surface area (Å²) in [7, 11) is 0. The predicted octanol–water partition coefficient (Wildman–Crippen LogP) is 3.32. The quantitative estimate of drug-likeness (QED) is 0.609. The molecule has 0 saturated carbocycles. The van der Waals surface area contributed by atoms with E-state index in [2.05, 4.69) is 27.0 Å². The van der Waals surface area contributed by atoms with Crippen LogP contribution in [0.1, 0.15) is 11.1 Å². The number of carbonyl (C=O) groups excluding carboxylic acids is 2. The number of nitrogens with one attached hydrogen (secondary N) is 1. The number of carbonyl (C=O) groups is 2. The lowest BCUT2D eigenvalue weighted by Gasteiger charge is -2.35. The molecule has 0 aliphatic carbocycles. The lowest BCUT2D eigenvalue weighted by atomic mass is 10.1. The normalized spacial score (nSPS) is 18.3. The van der Waals surface area contributed by atoms with Gasteiger partial charge in [0.2, 0.25) is 0 Å². The molecule has 30 heavy (non-hydrogen) atoms. The summed E-state index contributed by atoms with van der Waals surface area (Å²) in [6, 6.07) is 14.2. The van der Waals surface area contributed by atoms with Gasteiger partial charge in [0.1, 0.15) is 5.82 Å². The molecule has 2 heterocycles. The highest BCUT2D eigenvalue weighted by molar-refractivity contribution is 8.18. The third-order valence-corrected chi connectivity index (χ3v) is 5.76. The SMILES string of the molecule is O=C1NC(=O)/C(=C\c2ccc(C#CCN3CCN(c4ccc(F)cc4)CC3)cc2)S1. The molecule has 2 aromatic rings. The summed E-state index contributed by atoms with van der Waals surface area (Å²) in [6.07, 6.45) is 1.70. The Morgan fingerprint density at radius 1 is 1.00 bits per heavy atom. The number of benzene rings is 2. The van der Waals surface area contributed by atoms with Gasteiger partial charge in [-0.3, -0.25) is 19.8 Å². The summed E-state index contributed by atoms with van der Waals surface area (Å²) in [5.74, 6) is 5.82. The van der Waals surface area contributed by atoms with Crippen molar-refractivity contribution in [3.8, 4) is 11.8 Å². The summed E-state index contributed by atoms with van der Waals surface area (Å²) in [4.78, 5) is 27.8. The molecule has 2 aliphatic heterocycles. The standard InChI is InChI=1S/C23H20FN3O2S/c24-19-7-9-20(10-8-19)27-14-12-26(13-15-27)11-1-2-17-3-5-18(6-4-17)16-21-22(28)25-23(29)30-21/h3-10,16H,11-15H2,(H,25,28,29)/b21-16+. The third kappa shape index (κ3) is 5.09. The smallest absolute Gasteiger partial charge is 0.290 e. The van der Waals surface area contributed by atoms with Gasteiger partial charge in [0.15, 0.2) is 0 Å². The van der Waals surface area contributed by atoms with Crippen molar-refractivity contribution in [3.63, 3.8) is 0 Å². The molecule has 1 N–H and O–H groups in total. The van der Waals surface area contributed by atoms with Crippen molar-refractivity contribution in [2.75, 3.05) is 37.6 Å². The molecule has 2 aromatic carbocycles. The fourth-order valence-corrected chi connectivity index (χ4v) is 3.99. The van der Waals surface area contributed by atoms with Gasteiger partial charge in [-0.25, -0.2) is 4.39 Å². The van der Waals surface area contributed by atoms with Crippen molar-refractivity contribution in [3.05, 3.63) is 70.4 Å². The first kappa shape index (κ1) is 20.2. The molecule has 0 aromatic heterocycles. The Morgan fingerprint density at radius 3 is 2.33 bits per heavy atom. The number of nitrogens with zero attached hydrogens (tertiary/aromatic N) is 2. The van der Waals surface area contributed by atoms with Gasteiger partial charge >= 0.3 is 0 Å². The largest absolute Gasteiger partial charge is 0.369 e. The van der Waals surface area contributed by atoms with Crippen molar-refractivity contribution < 1.29 is 14.0 Å². The second kappa shape index (κ2) is 9.16. The Bertz CT molecular complexity index is 1030. The Labute approximate surface area is 178 Å². The van der Waals surface area contributed by atoms with Crippen molar-refractivity contribution >= 4 is 34.7 Å². The number of piperazine rings is 1. The summed E-state index contributed by atoms with van der Waals surface area (Å²) in [5, 5.41) is 1.90. The van der Waals surface area contributed by atoms with Gasteiger partial charge in [-0.2, -0.15) is 0 Å². The number of hydrogen-bond acceptors (Lipinski definition) is 5. The number of imide groups is 1. The fourth-order valence-electron chi connectivity index (χ4n) is 3.30. The topological polar surface area (TPSA) is 52.7 Å². The Morgan fingerprint density at radius 2 is 1.70 bits per heavy atom. The first-order valence-corrected chi connectivity index (χ1v) is 10.5. The van der Waals surface area contributed by atoms with Gasteiger partial charge in [-0.05, 0) is 59.8 Å². The minimum Gasteiger partial charge on any atom is -0.369 e. The molecule has 2 amide bonds. The van der Waals surface area contributed by atoms with Gasteiger partial charge in [0.25, 0.3) is 11.1 Å². The van der Waals surface area contributed by atoms with Gasteiger partial charge in [0.05, 0.1) is 11.4 Å². The first-order valence-electron chi connectivity index (χ1n) is 9.63. The summed E-state index contributed by atoms with van der Waals surface area (Å²) >= 11 is 0.910. The van der Waals surface area contributed by atoms with Gasteiger partial charge in [0, 0.05) is 37.4 Å². The average Bonchev–Trinajstić information content (AvgIpc) is 3.07. The van der Waals surface area contributed by atoms with Crippen LogP contribution in [0.15, 0.2) is 53.4 Å². The van der Waals surface area contributed by atoms with E-state index < -0.39 is 0 Å². The number of rotatable bonds is 3. The number of anilines is 1. The Balaban J connectivity index is 1.28. The lowest BCUT2D eigenvalue weighted by molar-refractivity contribution is -0.115. The molecule has 5 nitrogen and oxygen atoms in total. The summed E-state index contributed by atoms with van der Waals surface area (Å²) < 4.78 is 13.1. The Hall–Kier alpha value is -3.08. The highest BCUT2D eigenvalue weighted by atomic mass is 32.2. The number of hydrogen-bond donors (Lipinski definition) is 1. The van der Waals surface area contributed by atoms with E-state index >= 15 is 0 Å². The molecule has 0 atom stereocenters. The first-order chi connectivity index (χ1) is 14.6. The van der Waals surface area contributed by atoms with E-state index in [1.807, 2.05) is 36.4 Å². The molecule has 2 aliphatic rings. The summed E-state index contributed by atoms with van der Waals surface area (Å²) in [6.45, 7) is 4.31. The molecule has 2 saturated heterocycles. The molecule has 0 unspecified atom stereocenters.